The van der Waals surface area contributed by atoms with Crippen LogP contribution in [0.2, 0.25) is 0 Å². The summed E-state index contributed by atoms with van der Waals surface area (Å²) in [5.74, 6) is 0. The fourth-order valence-corrected chi connectivity index (χ4v) is 14.5. The summed E-state index contributed by atoms with van der Waals surface area (Å²) >= 11 is 0. The van der Waals surface area contributed by atoms with Gasteiger partial charge in [0.25, 0.3) is 0 Å². The molecular weight excluding hydrogens is 965 g/mol. The average molecular weight is 1030 g/mol. The van der Waals surface area contributed by atoms with Crippen molar-refractivity contribution in [2.75, 3.05) is 9.80 Å². The summed E-state index contributed by atoms with van der Waals surface area (Å²) in [5, 5.41) is 0. The first-order valence-electron chi connectivity index (χ1n) is 28.7. The standard InChI is InChI=1S/C78H68N2/c1-11-21-59-49(2)75(3,4)70-45-57(39-42-62(59)70)79(53-22-14-12-15-23-53)55-35-30-50(31-36-55)52-34-41-64-65-47-73-66(48-72(65)78(9,10)69(64)44-52)74-60(27-20-29-68(74)77(73,7)8)51-32-37-56(38-33-51)80(54-24-16-13-17-25-54)58-40-43-63-61-26-18-19-28-67(61)76(5,6)71(63)46-58/h11-48H,1-10H3/b21-11-. The second-order valence-corrected chi connectivity index (χ2v) is 24.9. The molecule has 0 saturated heterocycles. The van der Waals surface area contributed by atoms with E-state index in [9.17, 15) is 0 Å². The van der Waals surface area contributed by atoms with Crippen LogP contribution in [0.3, 0.4) is 0 Å². The average Bonchev–Trinajstić information content (AvgIpc) is 4.26. The van der Waals surface area contributed by atoms with Gasteiger partial charge < -0.3 is 9.80 Å². The SMILES string of the molecule is C/C=C\C1=C(C)C(C)(C)c2cc(N(c3ccccc3)c3ccc(-c4ccc5c(c4)C(C)(C)c4cc6c(cc4-5)C(C)(C)c4cccc(-c5ccc(N(c7ccccc7)c7ccc8c(c7)C(C)(C)c7ccccc7-8)cc5)c4-6)cc3)ccc21. The highest BCUT2D eigenvalue weighted by atomic mass is 15.1. The second-order valence-electron chi connectivity index (χ2n) is 24.9. The van der Waals surface area contributed by atoms with Crippen molar-refractivity contribution in [3.05, 3.63) is 281 Å². The van der Waals surface area contributed by atoms with Crippen LogP contribution < -0.4 is 9.80 Å². The number of para-hydroxylation sites is 2. The number of fused-ring (bicyclic) bond motifs is 10. The lowest BCUT2D eigenvalue weighted by molar-refractivity contribution is 0.639. The number of rotatable bonds is 9. The van der Waals surface area contributed by atoms with Crippen LogP contribution in [0.1, 0.15) is 114 Å². The third-order valence-corrected chi connectivity index (χ3v) is 19.1. The minimum atomic E-state index is -0.207. The van der Waals surface area contributed by atoms with E-state index in [0.29, 0.717) is 0 Å². The quantitative estimate of drug-likeness (QED) is 0.142. The van der Waals surface area contributed by atoms with Crippen LogP contribution in [0.15, 0.2) is 236 Å². The molecule has 10 aromatic carbocycles. The van der Waals surface area contributed by atoms with E-state index >= 15 is 0 Å². The van der Waals surface area contributed by atoms with E-state index in [1.54, 1.807) is 0 Å². The van der Waals surface area contributed by atoms with Gasteiger partial charge in [0.2, 0.25) is 0 Å². The molecule has 0 unspecified atom stereocenters. The molecule has 0 bridgehead atoms. The van der Waals surface area contributed by atoms with E-state index < -0.39 is 0 Å². The van der Waals surface area contributed by atoms with Gasteiger partial charge in [-0.1, -0.05) is 201 Å². The van der Waals surface area contributed by atoms with Gasteiger partial charge in [0, 0.05) is 55.8 Å². The maximum Gasteiger partial charge on any atom is 0.0465 e. The molecule has 0 N–H and O–H groups in total. The zero-order valence-corrected chi connectivity index (χ0v) is 47.8. The van der Waals surface area contributed by atoms with Crippen molar-refractivity contribution in [2.45, 2.75) is 90.9 Å². The van der Waals surface area contributed by atoms with Crippen LogP contribution in [0, 0.1) is 0 Å². The van der Waals surface area contributed by atoms with Crippen molar-refractivity contribution in [3.63, 3.8) is 0 Å². The lowest BCUT2D eigenvalue weighted by Gasteiger charge is -2.28. The summed E-state index contributed by atoms with van der Waals surface area (Å²) in [6.07, 6.45) is 4.43. The maximum absolute atomic E-state index is 2.56. The van der Waals surface area contributed by atoms with E-state index in [2.05, 4.69) is 310 Å². The molecule has 0 fully saturated rings. The second kappa shape index (κ2) is 17.9. The first-order chi connectivity index (χ1) is 38.6. The smallest absolute Gasteiger partial charge is 0.0465 e. The molecule has 4 aliphatic carbocycles. The van der Waals surface area contributed by atoms with Crippen molar-refractivity contribution in [1.82, 2.24) is 0 Å². The van der Waals surface area contributed by atoms with Gasteiger partial charge in [0.05, 0.1) is 0 Å². The van der Waals surface area contributed by atoms with E-state index in [1.165, 1.54) is 111 Å². The van der Waals surface area contributed by atoms with Crippen molar-refractivity contribution in [2.24, 2.45) is 0 Å². The number of benzene rings is 10. The highest BCUT2D eigenvalue weighted by molar-refractivity contribution is 5.97. The van der Waals surface area contributed by atoms with Crippen LogP contribution in [0.5, 0.6) is 0 Å². The fraction of sp³-hybridized carbons (Fsp3) is 0.179. The van der Waals surface area contributed by atoms with E-state index in [0.717, 1.165) is 34.1 Å². The molecular formula is C78H68N2. The first-order valence-corrected chi connectivity index (χ1v) is 28.7. The van der Waals surface area contributed by atoms with Crippen molar-refractivity contribution in [3.8, 4) is 55.6 Å². The molecule has 0 amide bonds. The largest absolute Gasteiger partial charge is 0.310 e. The van der Waals surface area contributed by atoms with Gasteiger partial charge in [0.1, 0.15) is 0 Å². The molecule has 4 aliphatic rings. The highest BCUT2D eigenvalue weighted by Gasteiger charge is 2.43. The number of allylic oxidation sites excluding steroid dienone is 4. The Bertz CT molecular complexity index is 4220. The Kier molecular flexibility index (Phi) is 11.1. The maximum atomic E-state index is 2.56. The summed E-state index contributed by atoms with van der Waals surface area (Å²) in [5.41, 5.74) is 33.2. The van der Waals surface area contributed by atoms with Crippen LogP contribution in [-0.4, -0.2) is 0 Å². The minimum Gasteiger partial charge on any atom is -0.310 e. The molecule has 0 saturated carbocycles. The summed E-state index contributed by atoms with van der Waals surface area (Å²) in [6.45, 7) is 23.5. The van der Waals surface area contributed by atoms with Gasteiger partial charge in [-0.05, 0) is 211 Å². The van der Waals surface area contributed by atoms with Gasteiger partial charge >= 0.3 is 0 Å². The summed E-state index contributed by atoms with van der Waals surface area (Å²) in [7, 11) is 0. The Morgan fingerprint density at radius 2 is 0.700 bits per heavy atom. The Morgan fingerprint density at radius 3 is 1.34 bits per heavy atom. The number of nitrogens with zero attached hydrogens (tertiary/aromatic N) is 2. The predicted molar refractivity (Wildman–Crippen MR) is 340 cm³/mol. The Morgan fingerprint density at radius 1 is 0.287 bits per heavy atom. The summed E-state index contributed by atoms with van der Waals surface area (Å²) < 4.78 is 0. The molecule has 2 nitrogen and oxygen atoms in total. The van der Waals surface area contributed by atoms with Crippen LogP contribution in [0.4, 0.5) is 34.1 Å². The lowest BCUT2D eigenvalue weighted by Crippen LogP contribution is -2.17. The summed E-state index contributed by atoms with van der Waals surface area (Å²) in [6, 6.07) is 82.4. The van der Waals surface area contributed by atoms with Crippen LogP contribution in [0.25, 0.3) is 61.2 Å². The van der Waals surface area contributed by atoms with Gasteiger partial charge in [-0.3, -0.25) is 0 Å². The monoisotopic (exact) mass is 1030 g/mol. The lowest BCUT2D eigenvalue weighted by atomic mass is 9.79. The fourth-order valence-electron chi connectivity index (χ4n) is 14.5. The van der Waals surface area contributed by atoms with Gasteiger partial charge in [-0.2, -0.15) is 0 Å². The van der Waals surface area contributed by atoms with Crippen molar-refractivity contribution >= 4 is 39.7 Å². The molecule has 14 rings (SSSR count). The molecule has 0 atom stereocenters. The first kappa shape index (κ1) is 49.6. The molecule has 10 aromatic rings. The third-order valence-electron chi connectivity index (χ3n) is 19.1. The Hall–Kier alpha value is -8.72. The molecule has 80 heavy (non-hydrogen) atoms. The van der Waals surface area contributed by atoms with Gasteiger partial charge in [-0.25, -0.2) is 0 Å². The van der Waals surface area contributed by atoms with Crippen LogP contribution in [-0.2, 0) is 21.7 Å². The summed E-state index contributed by atoms with van der Waals surface area (Å²) in [4.78, 5) is 4.82. The molecule has 2 heteroatoms. The molecule has 0 aliphatic heterocycles. The molecule has 0 radical (unpaired) electrons. The predicted octanol–water partition coefficient (Wildman–Crippen LogP) is 21.5. The van der Waals surface area contributed by atoms with Crippen molar-refractivity contribution in [1.29, 1.82) is 0 Å². The van der Waals surface area contributed by atoms with E-state index in [4.69, 9.17) is 0 Å². The Balaban J connectivity index is 0.788. The zero-order chi connectivity index (χ0) is 55.0. The molecule has 0 aromatic heterocycles. The van der Waals surface area contributed by atoms with Gasteiger partial charge in [0.15, 0.2) is 0 Å². The highest BCUT2D eigenvalue weighted by Crippen LogP contribution is 2.59. The number of hydrogen-bond acceptors (Lipinski definition) is 2. The van der Waals surface area contributed by atoms with E-state index in [1.807, 2.05) is 0 Å². The third kappa shape index (κ3) is 7.30. The number of hydrogen-bond donors (Lipinski definition) is 0. The molecule has 0 heterocycles. The van der Waals surface area contributed by atoms with E-state index in [-0.39, 0.29) is 21.7 Å². The number of anilines is 6. The molecule has 390 valence electrons. The van der Waals surface area contributed by atoms with Crippen molar-refractivity contribution < 1.29 is 0 Å². The normalized spacial score (nSPS) is 15.9. The topological polar surface area (TPSA) is 6.48 Å². The zero-order valence-electron chi connectivity index (χ0n) is 47.8. The minimum absolute atomic E-state index is 0.0613. The van der Waals surface area contributed by atoms with Gasteiger partial charge in [-0.15, -0.1) is 0 Å². The Labute approximate surface area is 474 Å². The molecule has 0 spiro atoms. The van der Waals surface area contributed by atoms with Crippen LogP contribution >= 0.6 is 0 Å².